The van der Waals surface area contributed by atoms with E-state index in [0.29, 0.717) is 17.9 Å². The fourth-order valence-electron chi connectivity index (χ4n) is 1.98. The molecule has 6 nitrogen and oxygen atoms in total. The van der Waals surface area contributed by atoms with Crippen LogP contribution in [0, 0.1) is 5.41 Å². The van der Waals surface area contributed by atoms with Gasteiger partial charge in [-0.25, -0.2) is 4.99 Å². The summed E-state index contributed by atoms with van der Waals surface area (Å²) in [6, 6.07) is 0. The molecule has 0 spiro atoms. The van der Waals surface area contributed by atoms with Gasteiger partial charge in [0.1, 0.15) is 6.54 Å². The molecule has 0 saturated heterocycles. The molecule has 0 aromatic carbocycles. The molecule has 1 amide bonds. The molecule has 0 heterocycles. The number of hydrogen-bond acceptors (Lipinski definition) is 3. The van der Waals surface area contributed by atoms with Gasteiger partial charge >= 0.3 is 0 Å². The third kappa shape index (κ3) is 9.14. The number of guanidine groups is 1. The van der Waals surface area contributed by atoms with Gasteiger partial charge in [-0.2, -0.15) is 0 Å². The van der Waals surface area contributed by atoms with Gasteiger partial charge in [0.15, 0.2) is 5.96 Å². The summed E-state index contributed by atoms with van der Waals surface area (Å²) < 4.78 is 5.17. The third-order valence-electron chi connectivity index (χ3n) is 3.85. The van der Waals surface area contributed by atoms with E-state index in [1.165, 1.54) is 12.8 Å². The first kappa shape index (κ1) is 22.2. The minimum atomic E-state index is -0.0167. The summed E-state index contributed by atoms with van der Waals surface area (Å²) in [6.07, 6.45) is 3.49. The first-order valence-electron chi connectivity index (χ1n) is 7.74. The molecule has 1 aliphatic rings. The lowest BCUT2D eigenvalue weighted by molar-refractivity contribution is -0.127. The Labute approximate surface area is 157 Å². The maximum absolute atomic E-state index is 11.7. The van der Waals surface area contributed by atoms with E-state index in [1.807, 2.05) is 6.92 Å². The number of nitrogens with one attached hydrogen (secondary N) is 2. The van der Waals surface area contributed by atoms with Crippen LogP contribution in [0.25, 0.3) is 0 Å². The molecule has 7 heteroatoms. The third-order valence-corrected chi connectivity index (χ3v) is 3.85. The summed E-state index contributed by atoms with van der Waals surface area (Å²) in [4.78, 5) is 17.6. The molecule has 0 aliphatic heterocycles. The van der Waals surface area contributed by atoms with Crippen LogP contribution in [0.3, 0.4) is 0 Å². The number of methoxy groups -OCH3 is 1. The predicted molar refractivity (Wildman–Crippen MR) is 105 cm³/mol. The van der Waals surface area contributed by atoms with Crippen molar-refractivity contribution in [3.63, 3.8) is 0 Å². The van der Waals surface area contributed by atoms with Crippen molar-refractivity contribution >= 4 is 35.8 Å². The second-order valence-corrected chi connectivity index (χ2v) is 6.36. The summed E-state index contributed by atoms with van der Waals surface area (Å²) in [5, 5.41) is 6.56. The Hall–Kier alpha value is -0.830. The molecule has 0 aromatic rings. The lowest BCUT2D eigenvalue weighted by atomic mass is 10.0. The van der Waals surface area contributed by atoms with Gasteiger partial charge in [-0.05, 0) is 31.6 Å². The average Bonchev–Trinajstić information content (AvgIpc) is 3.24. The largest absolute Gasteiger partial charge is 0.385 e. The van der Waals surface area contributed by atoms with Crippen LogP contribution in [-0.4, -0.2) is 64.2 Å². The van der Waals surface area contributed by atoms with Gasteiger partial charge in [-0.3, -0.25) is 4.79 Å². The SMILES string of the molecule is C=C(C)CNC(=NCC(=O)N(C)C)NCC1(CCOC)CC1.I. The van der Waals surface area contributed by atoms with Crippen molar-refractivity contribution in [3.05, 3.63) is 12.2 Å². The van der Waals surface area contributed by atoms with Crippen LogP contribution in [-0.2, 0) is 9.53 Å². The summed E-state index contributed by atoms with van der Waals surface area (Å²) in [6.45, 7) is 8.26. The number of hydrogen-bond donors (Lipinski definition) is 2. The minimum Gasteiger partial charge on any atom is -0.385 e. The Bertz CT molecular complexity index is 420. The summed E-state index contributed by atoms with van der Waals surface area (Å²) in [7, 11) is 5.20. The fraction of sp³-hybridized carbons (Fsp3) is 0.750. The number of ether oxygens (including phenoxy) is 1. The number of likely N-dealkylation sites (N-methyl/N-ethyl adjacent to an activating group) is 1. The van der Waals surface area contributed by atoms with Crippen LogP contribution >= 0.6 is 24.0 Å². The topological polar surface area (TPSA) is 66.0 Å². The van der Waals surface area contributed by atoms with Crippen molar-refractivity contribution in [3.8, 4) is 0 Å². The zero-order valence-electron chi connectivity index (χ0n) is 14.8. The lowest BCUT2D eigenvalue weighted by Gasteiger charge is -2.19. The zero-order chi connectivity index (χ0) is 16.6. The van der Waals surface area contributed by atoms with Crippen molar-refractivity contribution < 1.29 is 9.53 Å². The second-order valence-electron chi connectivity index (χ2n) is 6.36. The predicted octanol–water partition coefficient (Wildman–Crippen LogP) is 1.62. The van der Waals surface area contributed by atoms with E-state index in [9.17, 15) is 4.79 Å². The highest BCUT2D eigenvalue weighted by Gasteiger charge is 2.41. The van der Waals surface area contributed by atoms with Crippen molar-refractivity contribution in [2.45, 2.75) is 26.2 Å². The Morgan fingerprint density at radius 1 is 1.35 bits per heavy atom. The van der Waals surface area contributed by atoms with Gasteiger partial charge in [0.2, 0.25) is 5.91 Å². The number of rotatable bonds is 9. The first-order chi connectivity index (χ1) is 10.4. The lowest BCUT2D eigenvalue weighted by Crippen LogP contribution is -2.42. The van der Waals surface area contributed by atoms with Crippen LogP contribution in [0.1, 0.15) is 26.2 Å². The van der Waals surface area contributed by atoms with Crippen LogP contribution in [0.2, 0.25) is 0 Å². The molecule has 0 unspecified atom stereocenters. The molecule has 1 fully saturated rings. The minimum absolute atomic E-state index is 0. The van der Waals surface area contributed by atoms with Gasteiger partial charge < -0.3 is 20.3 Å². The van der Waals surface area contributed by atoms with Crippen LogP contribution in [0.15, 0.2) is 17.1 Å². The molecule has 0 atom stereocenters. The smallest absolute Gasteiger partial charge is 0.243 e. The number of halogens is 1. The molecule has 23 heavy (non-hydrogen) atoms. The molecule has 1 aliphatic carbocycles. The highest BCUT2D eigenvalue weighted by atomic mass is 127. The van der Waals surface area contributed by atoms with E-state index in [0.717, 1.165) is 25.1 Å². The van der Waals surface area contributed by atoms with Gasteiger partial charge in [0.25, 0.3) is 0 Å². The maximum atomic E-state index is 11.7. The second kappa shape index (κ2) is 10.9. The zero-order valence-corrected chi connectivity index (χ0v) is 17.1. The molecule has 1 saturated carbocycles. The highest BCUT2D eigenvalue weighted by Crippen LogP contribution is 2.48. The van der Waals surface area contributed by atoms with Gasteiger partial charge in [-0.1, -0.05) is 12.2 Å². The normalized spacial score (nSPS) is 15.4. The van der Waals surface area contributed by atoms with E-state index in [-0.39, 0.29) is 36.4 Å². The Kier molecular flexibility index (Phi) is 10.5. The molecular weight excluding hydrogens is 407 g/mol. The van der Waals surface area contributed by atoms with Crippen molar-refractivity contribution in [1.82, 2.24) is 15.5 Å². The van der Waals surface area contributed by atoms with Crippen LogP contribution < -0.4 is 10.6 Å². The fourth-order valence-corrected chi connectivity index (χ4v) is 1.98. The molecule has 0 bridgehead atoms. The number of carbonyl (C=O) groups excluding carboxylic acids is 1. The van der Waals surface area contributed by atoms with Crippen molar-refractivity contribution in [2.24, 2.45) is 10.4 Å². The quantitative estimate of drug-likeness (QED) is 0.249. The Morgan fingerprint density at radius 2 is 2.00 bits per heavy atom. The molecule has 0 radical (unpaired) electrons. The van der Waals surface area contributed by atoms with E-state index in [2.05, 4.69) is 22.2 Å². The Balaban J connectivity index is 0.00000484. The Morgan fingerprint density at radius 3 is 2.48 bits per heavy atom. The summed E-state index contributed by atoms with van der Waals surface area (Å²) in [5.41, 5.74) is 1.35. The molecule has 0 aromatic heterocycles. The van der Waals surface area contributed by atoms with Gasteiger partial charge in [0, 0.05) is 40.9 Å². The number of carbonyl (C=O) groups is 1. The highest BCUT2D eigenvalue weighted by molar-refractivity contribution is 14.0. The maximum Gasteiger partial charge on any atom is 0.243 e. The number of nitrogens with zero attached hydrogens (tertiary/aromatic N) is 2. The van der Waals surface area contributed by atoms with Gasteiger partial charge in [0.05, 0.1) is 0 Å². The van der Waals surface area contributed by atoms with Crippen molar-refractivity contribution in [1.29, 1.82) is 0 Å². The van der Waals surface area contributed by atoms with Gasteiger partial charge in [-0.15, -0.1) is 24.0 Å². The standard InChI is InChI=1S/C16H30N4O2.HI/c1-13(2)10-17-15(18-11-14(21)20(3)4)19-12-16(6-7-16)8-9-22-5;/h1,6-12H2,2-5H3,(H2,17,18,19);1H. The van der Waals surface area contributed by atoms with E-state index >= 15 is 0 Å². The number of aliphatic imine (C=N–C) groups is 1. The summed E-state index contributed by atoms with van der Waals surface area (Å²) in [5.74, 6) is 0.652. The van der Waals surface area contributed by atoms with Crippen LogP contribution in [0.5, 0.6) is 0 Å². The monoisotopic (exact) mass is 438 g/mol. The number of amides is 1. The van der Waals surface area contributed by atoms with Crippen LogP contribution in [0.4, 0.5) is 0 Å². The van der Waals surface area contributed by atoms with E-state index < -0.39 is 0 Å². The molecule has 1 rings (SSSR count). The average molecular weight is 438 g/mol. The van der Waals surface area contributed by atoms with E-state index in [4.69, 9.17) is 4.74 Å². The van der Waals surface area contributed by atoms with E-state index in [1.54, 1.807) is 26.1 Å². The molecule has 2 N–H and O–H groups in total. The first-order valence-corrected chi connectivity index (χ1v) is 7.74. The van der Waals surface area contributed by atoms with Crippen molar-refractivity contribution in [2.75, 3.05) is 47.4 Å². The molecular formula is C16H31IN4O2. The molecule has 134 valence electrons. The summed E-state index contributed by atoms with van der Waals surface area (Å²) >= 11 is 0.